The van der Waals surface area contributed by atoms with Crippen molar-refractivity contribution in [2.75, 3.05) is 32.1 Å². The van der Waals surface area contributed by atoms with E-state index in [1.54, 1.807) is 39.1 Å². The van der Waals surface area contributed by atoms with Crippen LogP contribution < -0.4 is 10.2 Å². The minimum Gasteiger partial charge on any atom is -0.355 e. The van der Waals surface area contributed by atoms with Gasteiger partial charge in [0.05, 0.1) is 16.9 Å². The zero-order valence-electron chi connectivity index (χ0n) is 18.0. The summed E-state index contributed by atoms with van der Waals surface area (Å²) in [7, 11) is -0.859. The molecule has 0 saturated carbocycles. The van der Waals surface area contributed by atoms with E-state index in [1.165, 1.54) is 24.1 Å². The number of nitrogens with zero attached hydrogens (tertiary/aromatic N) is 2. The monoisotopic (exact) mass is 463 g/mol. The number of anilines is 1. The molecule has 0 bridgehead atoms. The van der Waals surface area contributed by atoms with Crippen LogP contribution in [0.5, 0.6) is 0 Å². The van der Waals surface area contributed by atoms with Crippen molar-refractivity contribution < 1.29 is 18.0 Å². The van der Waals surface area contributed by atoms with Crippen LogP contribution in [0.25, 0.3) is 0 Å². The number of carbonyl (C=O) groups is 2. The predicted molar refractivity (Wildman–Crippen MR) is 121 cm³/mol. The molecule has 7 nitrogen and oxygen atoms in total. The molecule has 2 aromatic carbocycles. The van der Waals surface area contributed by atoms with Crippen LogP contribution in [0.4, 0.5) is 5.69 Å². The normalized spacial score (nSPS) is 15.3. The highest BCUT2D eigenvalue weighted by atomic mass is 35.5. The fraction of sp³-hybridized carbons (Fsp3) is 0.364. The second kappa shape index (κ2) is 8.61. The van der Waals surface area contributed by atoms with Gasteiger partial charge in [-0.05, 0) is 61.7 Å². The van der Waals surface area contributed by atoms with Gasteiger partial charge in [0.25, 0.3) is 0 Å². The van der Waals surface area contributed by atoms with Gasteiger partial charge in [0.2, 0.25) is 21.8 Å². The molecule has 0 aromatic heterocycles. The van der Waals surface area contributed by atoms with Crippen molar-refractivity contribution in [1.82, 2.24) is 9.62 Å². The molecule has 1 aliphatic heterocycles. The Bertz CT molecular complexity index is 1110. The summed E-state index contributed by atoms with van der Waals surface area (Å²) in [5.74, 6) is -0.484. The van der Waals surface area contributed by atoms with Crippen molar-refractivity contribution >= 4 is 39.1 Å². The van der Waals surface area contributed by atoms with Crippen LogP contribution in [0.3, 0.4) is 0 Å². The van der Waals surface area contributed by atoms with Crippen LogP contribution >= 0.6 is 11.6 Å². The van der Waals surface area contributed by atoms with Crippen molar-refractivity contribution in [3.05, 3.63) is 58.6 Å². The van der Waals surface area contributed by atoms with Crippen molar-refractivity contribution in [2.24, 2.45) is 0 Å². The van der Waals surface area contributed by atoms with E-state index >= 15 is 0 Å². The quantitative estimate of drug-likeness (QED) is 0.683. The molecule has 0 spiro atoms. The Hall–Kier alpha value is -2.42. The molecule has 1 aliphatic rings. The Morgan fingerprint density at radius 2 is 1.81 bits per heavy atom. The number of benzene rings is 2. The van der Waals surface area contributed by atoms with Crippen molar-refractivity contribution in [2.45, 2.75) is 30.6 Å². The van der Waals surface area contributed by atoms with Gasteiger partial charge < -0.3 is 10.2 Å². The van der Waals surface area contributed by atoms with Crippen LogP contribution in [-0.4, -0.2) is 51.7 Å². The largest absolute Gasteiger partial charge is 0.355 e. The minimum atomic E-state index is -3.89. The first kappa shape index (κ1) is 23.2. The molecule has 1 heterocycles. The van der Waals surface area contributed by atoms with Gasteiger partial charge >= 0.3 is 0 Å². The molecule has 166 valence electrons. The van der Waals surface area contributed by atoms with E-state index in [2.05, 4.69) is 5.32 Å². The van der Waals surface area contributed by atoms with Crippen LogP contribution in [-0.2, 0) is 31.4 Å². The van der Waals surface area contributed by atoms with Gasteiger partial charge in [0, 0.05) is 31.4 Å². The van der Waals surface area contributed by atoms with Crippen LogP contribution in [0.15, 0.2) is 47.4 Å². The lowest BCUT2D eigenvalue weighted by Gasteiger charge is -2.19. The summed E-state index contributed by atoms with van der Waals surface area (Å²) >= 11 is 5.86. The third-order valence-corrected chi connectivity index (χ3v) is 7.62. The van der Waals surface area contributed by atoms with Gasteiger partial charge in [-0.3, -0.25) is 9.59 Å². The minimum absolute atomic E-state index is 0.0545. The molecule has 0 radical (unpaired) electrons. The molecular formula is C22H26ClN3O4S. The molecule has 31 heavy (non-hydrogen) atoms. The van der Waals surface area contributed by atoms with E-state index in [4.69, 9.17) is 11.6 Å². The van der Waals surface area contributed by atoms with E-state index in [9.17, 15) is 18.0 Å². The highest BCUT2D eigenvalue weighted by molar-refractivity contribution is 7.89. The van der Waals surface area contributed by atoms with Crippen LogP contribution in [0, 0.1) is 0 Å². The lowest BCUT2D eigenvalue weighted by Crippen LogP contribution is -2.39. The summed E-state index contributed by atoms with van der Waals surface area (Å²) in [6.45, 7) is 3.62. The smallest absolute Gasteiger partial charge is 0.243 e. The van der Waals surface area contributed by atoms with E-state index in [-0.39, 0.29) is 17.3 Å². The van der Waals surface area contributed by atoms with Gasteiger partial charge in [0.15, 0.2) is 0 Å². The second-order valence-corrected chi connectivity index (χ2v) is 10.6. The van der Waals surface area contributed by atoms with E-state index in [0.29, 0.717) is 29.2 Å². The first-order valence-corrected chi connectivity index (χ1v) is 11.7. The van der Waals surface area contributed by atoms with Gasteiger partial charge in [-0.25, -0.2) is 8.42 Å². The Morgan fingerprint density at radius 1 is 1.16 bits per heavy atom. The topological polar surface area (TPSA) is 86.8 Å². The molecule has 0 atom stereocenters. The molecule has 9 heteroatoms. The molecule has 0 fully saturated rings. The third kappa shape index (κ3) is 4.61. The third-order valence-electron chi connectivity index (χ3n) is 5.57. The Kier molecular flexibility index (Phi) is 6.45. The number of likely N-dealkylation sites (N-methyl/N-ethyl adjacent to an activating group) is 2. The molecule has 2 amide bonds. The zero-order chi connectivity index (χ0) is 23.0. The number of rotatable bonds is 7. The van der Waals surface area contributed by atoms with Gasteiger partial charge in [0.1, 0.15) is 0 Å². The number of sulfonamides is 1. The van der Waals surface area contributed by atoms with Crippen molar-refractivity contribution in [3.63, 3.8) is 0 Å². The average Bonchev–Trinajstić information content (AvgIpc) is 2.89. The Labute approximate surface area is 188 Å². The Balaban J connectivity index is 1.65. The summed E-state index contributed by atoms with van der Waals surface area (Å²) in [5.41, 5.74) is 1.55. The van der Waals surface area contributed by atoms with Gasteiger partial charge in [-0.15, -0.1) is 0 Å². The summed E-state index contributed by atoms with van der Waals surface area (Å²) in [4.78, 5) is 26.3. The molecule has 0 unspecified atom stereocenters. The number of hydrogen-bond acceptors (Lipinski definition) is 4. The zero-order valence-corrected chi connectivity index (χ0v) is 19.5. The summed E-state index contributed by atoms with van der Waals surface area (Å²) in [5, 5.41) is 3.38. The molecule has 0 saturated heterocycles. The summed E-state index contributed by atoms with van der Waals surface area (Å²) in [6.07, 6.45) is 0.612. The highest BCUT2D eigenvalue weighted by Crippen LogP contribution is 2.41. The average molecular weight is 464 g/mol. The molecule has 3 rings (SSSR count). The van der Waals surface area contributed by atoms with Gasteiger partial charge in [-0.1, -0.05) is 23.7 Å². The summed E-state index contributed by atoms with van der Waals surface area (Å²) in [6, 6.07) is 11.9. The predicted octanol–water partition coefficient (Wildman–Crippen LogP) is 2.57. The van der Waals surface area contributed by atoms with Crippen molar-refractivity contribution in [3.8, 4) is 0 Å². The maximum atomic E-state index is 13.0. The number of fused-ring (bicyclic) bond motifs is 1. The molecular weight excluding hydrogens is 438 g/mol. The fourth-order valence-electron chi connectivity index (χ4n) is 3.63. The SMILES string of the molecule is CN1C(=O)C(C)(C)c2cc(S(=O)(=O)N(C)CC(=O)NCCc3ccc(Cl)cc3)ccc21. The number of carbonyl (C=O) groups excluding carboxylic acids is 2. The number of nitrogens with one attached hydrogen (secondary N) is 1. The number of hydrogen-bond donors (Lipinski definition) is 1. The first-order valence-electron chi connectivity index (χ1n) is 9.85. The van der Waals surface area contributed by atoms with Crippen LogP contribution in [0.2, 0.25) is 5.02 Å². The number of amides is 2. The van der Waals surface area contributed by atoms with E-state index in [0.717, 1.165) is 9.87 Å². The second-order valence-electron chi connectivity index (χ2n) is 8.16. The maximum absolute atomic E-state index is 13.0. The Morgan fingerprint density at radius 3 is 2.45 bits per heavy atom. The standard InChI is InChI=1S/C22H26ClN3O4S/c1-22(2)18-13-17(9-10-19(18)26(4)21(22)28)31(29,30)25(3)14-20(27)24-12-11-15-5-7-16(23)8-6-15/h5-10,13H,11-12,14H2,1-4H3,(H,24,27). The lowest BCUT2D eigenvalue weighted by atomic mass is 9.86. The molecule has 0 aliphatic carbocycles. The van der Waals surface area contributed by atoms with E-state index in [1.807, 2.05) is 12.1 Å². The number of halogens is 1. The molecule has 2 aromatic rings. The van der Waals surface area contributed by atoms with Crippen LogP contribution in [0.1, 0.15) is 25.0 Å². The summed E-state index contributed by atoms with van der Waals surface area (Å²) < 4.78 is 27.0. The molecule has 1 N–H and O–H groups in total. The lowest BCUT2D eigenvalue weighted by molar-refractivity contribution is -0.122. The first-order chi connectivity index (χ1) is 14.4. The van der Waals surface area contributed by atoms with Gasteiger partial charge in [-0.2, -0.15) is 4.31 Å². The highest BCUT2D eigenvalue weighted by Gasteiger charge is 2.43. The van der Waals surface area contributed by atoms with E-state index < -0.39 is 21.3 Å². The van der Waals surface area contributed by atoms with Crippen molar-refractivity contribution in [1.29, 1.82) is 0 Å². The maximum Gasteiger partial charge on any atom is 0.243 e. The fourth-order valence-corrected chi connectivity index (χ4v) is 4.91.